The number of nitrogens with two attached hydrogens (primary N) is 1. The van der Waals surface area contributed by atoms with Crippen molar-refractivity contribution in [2.24, 2.45) is 11.7 Å². The standard InChI is InChI=1S/C16H26N2O.ClH/c1-12(2)9-15(11-17)18-16(19)8-7-14-6-4-5-13(3)10-14;/h4-6,10,12,15H,7-9,11,17H2,1-3H3,(H,18,19);1H. The molecule has 0 saturated heterocycles. The topological polar surface area (TPSA) is 55.1 Å². The van der Waals surface area contributed by atoms with Crippen molar-refractivity contribution in [2.45, 2.75) is 46.1 Å². The SMILES string of the molecule is Cc1cccc(CCC(=O)NC(CN)CC(C)C)c1.Cl. The summed E-state index contributed by atoms with van der Waals surface area (Å²) in [5.41, 5.74) is 8.13. The van der Waals surface area contributed by atoms with Crippen molar-refractivity contribution >= 4 is 18.3 Å². The predicted octanol–water partition coefficient (Wildman–Crippen LogP) is 2.84. The molecule has 0 aliphatic carbocycles. The van der Waals surface area contributed by atoms with Crippen molar-refractivity contribution in [1.82, 2.24) is 5.32 Å². The third kappa shape index (κ3) is 7.51. The van der Waals surface area contributed by atoms with Gasteiger partial charge in [-0.25, -0.2) is 0 Å². The van der Waals surface area contributed by atoms with Crippen molar-refractivity contribution in [2.75, 3.05) is 6.54 Å². The highest BCUT2D eigenvalue weighted by atomic mass is 35.5. The van der Waals surface area contributed by atoms with Crippen LogP contribution in [0.4, 0.5) is 0 Å². The van der Waals surface area contributed by atoms with E-state index in [9.17, 15) is 4.79 Å². The molecule has 0 bridgehead atoms. The number of amides is 1. The van der Waals surface area contributed by atoms with Gasteiger partial charge < -0.3 is 11.1 Å². The number of aryl methyl sites for hydroxylation is 2. The van der Waals surface area contributed by atoms with Crippen LogP contribution in [0.15, 0.2) is 24.3 Å². The number of benzene rings is 1. The summed E-state index contributed by atoms with van der Waals surface area (Å²) in [6, 6.07) is 8.39. The lowest BCUT2D eigenvalue weighted by atomic mass is 10.0. The van der Waals surface area contributed by atoms with E-state index >= 15 is 0 Å². The van der Waals surface area contributed by atoms with Gasteiger partial charge in [0.05, 0.1) is 0 Å². The van der Waals surface area contributed by atoms with Crippen LogP contribution in [0.1, 0.15) is 37.8 Å². The lowest BCUT2D eigenvalue weighted by Gasteiger charge is -2.18. The fourth-order valence-corrected chi connectivity index (χ4v) is 2.21. The molecule has 1 rings (SSSR count). The van der Waals surface area contributed by atoms with Crippen molar-refractivity contribution in [3.05, 3.63) is 35.4 Å². The number of hydrogen-bond acceptors (Lipinski definition) is 2. The summed E-state index contributed by atoms with van der Waals surface area (Å²) < 4.78 is 0. The van der Waals surface area contributed by atoms with Crippen LogP contribution in [0.3, 0.4) is 0 Å². The van der Waals surface area contributed by atoms with Crippen molar-refractivity contribution in [3.63, 3.8) is 0 Å². The second-order valence-electron chi connectivity index (χ2n) is 5.62. The third-order valence-electron chi connectivity index (χ3n) is 3.13. The zero-order valence-electron chi connectivity index (χ0n) is 12.7. The number of halogens is 1. The molecular weight excluding hydrogens is 272 g/mol. The number of nitrogens with one attached hydrogen (secondary N) is 1. The van der Waals surface area contributed by atoms with Crippen LogP contribution in [-0.2, 0) is 11.2 Å². The lowest BCUT2D eigenvalue weighted by molar-refractivity contribution is -0.121. The first-order chi connectivity index (χ1) is 9.01. The van der Waals surface area contributed by atoms with Gasteiger partial charge >= 0.3 is 0 Å². The second kappa shape index (κ2) is 9.78. The highest BCUT2D eigenvalue weighted by Gasteiger charge is 2.12. The van der Waals surface area contributed by atoms with Gasteiger partial charge in [0.25, 0.3) is 0 Å². The smallest absolute Gasteiger partial charge is 0.220 e. The third-order valence-corrected chi connectivity index (χ3v) is 3.13. The van der Waals surface area contributed by atoms with E-state index in [0.717, 1.165) is 12.8 Å². The van der Waals surface area contributed by atoms with Crippen LogP contribution < -0.4 is 11.1 Å². The van der Waals surface area contributed by atoms with Crippen LogP contribution in [0.25, 0.3) is 0 Å². The molecule has 4 heteroatoms. The quantitative estimate of drug-likeness (QED) is 0.813. The molecule has 1 atom stereocenters. The highest BCUT2D eigenvalue weighted by molar-refractivity contribution is 5.85. The molecular formula is C16H27ClN2O. The molecule has 0 spiro atoms. The number of carbonyl (C=O) groups is 1. The first-order valence-electron chi connectivity index (χ1n) is 7.06. The first kappa shape index (κ1) is 18.9. The normalized spacial score (nSPS) is 11.8. The summed E-state index contributed by atoms with van der Waals surface area (Å²) in [6.45, 7) is 6.86. The minimum Gasteiger partial charge on any atom is -0.352 e. The van der Waals surface area contributed by atoms with Gasteiger partial charge in [-0.1, -0.05) is 43.7 Å². The van der Waals surface area contributed by atoms with E-state index in [2.05, 4.69) is 44.3 Å². The number of rotatable bonds is 7. The van der Waals surface area contributed by atoms with E-state index in [1.807, 2.05) is 6.07 Å². The Morgan fingerprint density at radius 3 is 2.60 bits per heavy atom. The summed E-state index contributed by atoms with van der Waals surface area (Å²) in [7, 11) is 0. The van der Waals surface area contributed by atoms with Gasteiger partial charge in [-0.15, -0.1) is 12.4 Å². The molecule has 3 nitrogen and oxygen atoms in total. The molecule has 3 N–H and O–H groups in total. The van der Waals surface area contributed by atoms with Gasteiger partial charge in [-0.05, 0) is 31.2 Å². The Morgan fingerprint density at radius 1 is 1.35 bits per heavy atom. The molecule has 0 fully saturated rings. The Kier molecular flexibility index (Phi) is 9.26. The first-order valence-corrected chi connectivity index (χ1v) is 7.06. The second-order valence-corrected chi connectivity index (χ2v) is 5.62. The Bertz CT molecular complexity index is 407. The zero-order chi connectivity index (χ0) is 14.3. The summed E-state index contributed by atoms with van der Waals surface area (Å²) in [5.74, 6) is 0.642. The summed E-state index contributed by atoms with van der Waals surface area (Å²) >= 11 is 0. The Labute approximate surface area is 128 Å². The maximum atomic E-state index is 11.9. The molecule has 0 aliphatic rings. The molecule has 0 saturated carbocycles. The average Bonchev–Trinajstić information content (AvgIpc) is 2.35. The Hall–Kier alpha value is -1.06. The van der Waals surface area contributed by atoms with E-state index in [1.165, 1.54) is 11.1 Å². The summed E-state index contributed by atoms with van der Waals surface area (Å²) in [4.78, 5) is 11.9. The Balaban J connectivity index is 0.00000361. The van der Waals surface area contributed by atoms with E-state index in [1.54, 1.807) is 0 Å². The molecule has 1 aromatic rings. The van der Waals surface area contributed by atoms with Crippen molar-refractivity contribution < 1.29 is 4.79 Å². The maximum absolute atomic E-state index is 11.9. The van der Waals surface area contributed by atoms with Gasteiger partial charge in [0.15, 0.2) is 0 Å². The van der Waals surface area contributed by atoms with E-state index in [-0.39, 0.29) is 24.4 Å². The predicted molar refractivity (Wildman–Crippen MR) is 87.2 cm³/mol. The van der Waals surface area contributed by atoms with Gasteiger partial charge in [-0.3, -0.25) is 4.79 Å². The van der Waals surface area contributed by atoms with Gasteiger partial charge in [0, 0.05) is 19.0 Å². The highest BCUT2D eigenvalue weighted by Crippen LogP contribution is 2.07. The van der Waals surface area contributed by atoms with Crippen molar-refractivity contribution in [3.8, 4) is 0 Å². The molecule has 0 heterocycles. The molecule has 0 radical (unpaired) electrons. The summed E-state index contributed by atoms with van der Waals surface area (Å²) in [6.07, 6.45) is 2.25. The van der Waals surface area contributed by atoms with Crippen LogP contribution in [0, 0.1) is 12.8 Å². The van der Waals surface area contributed by atoms with Crippen LogP contribution in [0.5, 0.6) is 0 Å². The van der Waals surface area contributed by atoms with E-state index in [0.29, 0.717) is 18.9 Å². The minimum atomic E-state index is 0. The number of hydrogen-bond donors (Lipinski definition) is 2. The molecule has 1 aromatic carbocycles. The van der Waals surface area contributed by atoms with E-state index in [4.69, 9.17) is 5.73 Å². The molecule has 1 amide bonds. The lowest BCUT2D eigenvalue weighted by Crippen LogP contribution is -2.41. The van der Waals surface area contributed by atoms with Gasteiger partial charge in [-0.2, -0.15) is 0 Å². The van der Waals surface area contributed by atoms with Crippen LogP contribution in [-0.4, -0.2) is 18.5 Å². The maximum Gasteiger partial charge on any atom is 0.220 e. The molecule has 0 aromatic heterocycles. The van der Waals surface area contributed by atoms with Crippen LogP contribution >= 0.6 is 12.4 Å². The fourth-order valence-electron chi connectivity index (χ4n) is 2.21. The fraction of sp³-hybridized carbons (Fsp3) is 0.562. The largest absolute Gasteiger partial charge is 0.352 e. The Morgan fingerprint density at radius 2 is 2.05 bits per heavy atom. The average molecular weight is 299 g/mol. The minimum absolute atomic E-state index is 0. The van der Waals surface area contributed by atoms with E-state index < -0.39 is 0 Å². The number of carbonyl (C=O) groups excluding carboxylic acids is 1. The zero-order valence-corrected chi connectivity index (χ0v) is 13.5. The summed E-state index contributed by atoms with van der Waals surface area (Å²) in [5, 5.41) is 3.02. The monoisotopic (exact) mass is 298 g/mol. The molecule has 114 valence electrons. The van der Waals surface area contributed by atoms with Gasteiger partial charge in [0.1, 0.15) is 0 Å². The molecule has 1 unspecified atom stereocenters. The van der Waals surface area contributed by atoms with Crippen molar-refractivity contribution in [1.29, 1.82) is 0 Å². The van der Waals surface area contributed by atoms with Gasteiger partial charge in [0.2, 0.25) is 5.91 Å². The molecule has 0 aliphatic heterocycles. The molecule has 20 heavy (non-hydrogen) atoms. The van der Waals surface area contributed by atoms with Crippen LogP contribution in [0.2, 0.25) is 0 Å².